The summed E-state index contributed by atoms with van der Waals surface area (Å²) in [6.45, 7) is 1.31. The molecule has 30 heavy (non-hydrogen) atoms. The van der Waals surface area contributed by atoms with Crippen LogP contribution < -0.4 is 4.74 Å². The minimum Gasteiger partial charge on any atom is -0.497 e. The van der Waals surface area contributed by atoms with Gasteiger partial charge in [0.1, 0.15) is 5.75 Å². The molecule has 0 bridgehead atoms. The average Bonchev–Trinajstić information content (AvgIpc) is 3.17. The highest BCUT2D eigenvalue weighted by Crippen LogP contribution is 2.33. The number of nitrogens with zero attached hydrogens (tertiary/aromatic N) is 1. The maximum atomic E-state index is 13.7. The second-order valence-corrected chi connectivity index (χ2v) is 7.76. The van der Waals surface area contributed by atoms with Crippen molar-refractivity contribution in [1.82, 2.24) is 9.88 Å². The highest BCUT2D eigenvalue weighted by Gasteiger charge is 2.31. The van der Waals surface area contributed by atoms with Gasteiger partial charge in [-0.25, -0.2) is 0 Å². The molecule has 1 amide bonds. The standard InChI is InChI=1S/C26H24N2O2/c1-30-20-12-13-23-22(16-20)21-14-15-28(17-24(21)27-23)26(29)25(18-8-4-2-5-9-18)19-10-6-3-7-11-19/h2-13,16,25,27H,14-15,17H2,1H3. The molecule has 0 radical (unpaired) electrons. The minimum atomic E-state index is -0.293. The van der Waals surface area contributed by atoms with Gasteiger partial charge in [-0.3, -0.25) is 4.79 Å². The molecule has 150 valence electrons. The van der Waals surface area contributed by atoms with Crippen molar-refractivity contribution >= 4 is 16.8 Å². The van der Waals surface area contributed by atoms with Gasteiger partial charge >= 0.3 is 0 Å². The van der Waals surface area contributed by atoms with Crippen LogP contribution >= 0.6 is 0 Å². The van der Waals surface area contributed by atoms with Gasteiger partial charge in [-0.1, -0.05) is 60.7 Å². The number of rotatable bonds is 4. The monoisotopic (exact) mass is 396 g/mol. The molecule has 0 atom stereocenters. The Bertz CT molecular complexity index is 1140. The zero-order valence-corrected chi connectivity index (χ0v) is 17.0. The molecule has 0 unspecified atom stereocenters. The Labute approximate surface area is 176 Å². The van der Waals surface area contributed by atoms with E-state index in [0.29, 0.717) is 13.1 Å². The number of carbonyl (C=O) groups excluding carboxylic acids is 1. The van der Waals surface area contributed by atoms with Gasteiger partial charge in [0, 0.05) is 23.1 Å². The fourth-order valence-corrected chi connectivity index (χ4v) is 4.49. The highest BCUT2D eigenvalue weighted by atomic mass is 16.5. The molecular formula is C26H24N2O2. The third kappa shape index (κ3) is 3.24. The molecule has 4 heteroatoms. The predicted molar refractivity (Wildman–Crippen MR) is 119 cm³/mol. The number of hydrogen-bond acceptors (Lipinski definition) is 2. The number of ether oxygens (including phenoxy) is 1. The lowest BCUT2D eigenvalue weighted by atomic mass is 9.89. The summed E-state index contributed by atoms with van der Waals surface area (Å²) in [7, 11) is 1.69. The van der Waals surface area contributed by atoms with Crippen molar-refractivity contribution in [2.45, 2.75) is 18.9 Å². The number of fused-ring (bicyclic) bond motifs is 3. The zero-order chi connectivity index (χ0) is 20.5. The Morgan fingerprint density at radius 1 is 0.967 bits per heavy atom. The van der Waals surface area contributed by atoms with Crippen LogP contribution in [0.1, 0.15) is 28.3 Å². The number of nitrogens with one attached hydrogen (secondary N) is 1. The molecular weight excluding hydrogens is 372 g/mol. The molecule has 1 aromatic heterocycles. The molecule has 0 saturated heterocycles. The molecule has 0 fully saturated rings. The van der Waals surface area contributed by atoms with Crippen molar-refractivity contribution in [3.8, 4) is 5.75 Å². The van der Waals surface area contributed by atoms with Crippen molar-refractivity contribution in [2.75, 3.05) is 13.7 Å². The highest BCUT2D eigenvalue weighted by molar-refractivity contribution is 5.89. The van der Waals surface area contributed by atoms with E-state index in [1.807, 2.05) is 71.6 Å². The molecule has 1 aliphatic rings. The summed E-state index contributed by atoms with van der Waals surface area (Å²) in [6.07, 6.45) is 0.838. The first-order valence-corrected chi connectivity index (χ1v) is 10.3. The second kappa shape index (κ2) is 7.71. The zero-order valence-electron chi connectivity index (χ0n) is 17.0. The fraction of sp³-hybridized carbons (Fsp3) is 0.192. The number of methoxy groups -OCH3 is 1. The van der Waals surface area contributed by atoms with Crippen LogP contribution in [-0.2, 0) is 17.8 Å². The van der Waals surface area contributed by atoms with E-state index in [0.717, 1.165) is 34.5 Å². The van der Waals surface area contributed by atoms with Crippen molar-refractivity contribution in [3.05, 3.63) is 101 Å². The van der Waals surface area contributed by atoms with E-state index in [2.05, 4.69) is 17.1 Å². The smallest absolute Gasteiger partial charge is 0.234 e. The Morgan fingerprint density at radius 2 is 1.63 bits per heavy atom. The lowest BCUT2D eigenvalue weighted by Crippen LogP contribution is -2.39. The van der Waals surface area contributed by atoms with Gasteiger partial charge in [0.2, 0.25) is 5.91 Å². The van der Waals surface area contributed by atoms with Crippen LogP contribution in [0.3, 0.4) is 0 Å². The SMILES string of the molecule is COc1ccc2[nH]c3c(c2c1)CCN(C(=O)C(c1ccccc1)c1ccccc1)C3. The molecule has 4 aromatic rings. The first kappa shape index (κ1) is 18.5. The van der Waals surface area contributed by atoms with Crippen molar-refractivity contribution in [3.63, 3.8) is 0 Å². The van der Waals surface area contributed by atoms with Crippen LogP contribution in [0, 0.1) is 0 Å². The summed E-state index contributed by atoms with van der Waals surface area (Å²) in [5.41, 5.74) is 5.57. The largest absolute Gasteiger partial charge is 0.497 e. The van der Waals surface area contributed by atoms with Crippen LogP contribution in [0.5, 0.6) is 5.75 Å². The predicted octanol–water partition coefficient (Wildman–Crippen LogP) is 4.89. The molecule has 0 aliphatic carbocycles. The molecule has 2 heterocycles. The van der Waals surface area contributed by atoms with E-state index in [9.17, 15) is 4.79 Å². The van der Waals surface area contributed by atoms with Crippen LogP contribution in [0.25, 0.3) is 10.9 Å². The van der Waals surface area contributed by atoms with E-state index in [-0.39, 0.29) is 11.8 Å². The number of aromatic amines is 1. The molecule has 3 aromatic carbocycles. The summed E-state index contributed by atoms with van der Waals surface area (Å²) in [5, 5.41) is 1.19. The molecule has 1 aliphatic heterocycles. The summed E-state index contributed by atoms with van der Waals surface area (Å²) in [4.78, 5) is 19.2. The van der Waals surface area contributed by atoms with Crippen molar-refractivity contribution in [1.29, 1.82) is 0 Å². The number of carbonyl (C=O) groups is 1. The Morgan fingerprint density at radius 3 is 2.27 bits per heavy atom. The maximum absolute atomic E-state index is 13.7. The lowest BCUT2D eigenvalue weighted by Gasteiger charge is -2.31. The lowest BCUT2D eigenvalue weighted by molar-refractivity contribution is -0.132. The first-order valence-electron chi connectivity index (χ1n) is 10.3. The quantitative estimate of drug-likeness (QED) is 0.534. The van der Waals surface area contributed by atoms with Gasteiger partial charge in [0.05, 0.1) is 19.6 Å². The van der Waals surface area contributed by atoms with Gasteiger partial charge < -0.3 is 14.6 Å². The van der Waals surface area contributed by atoms with Crippen molar-refractivity contribution < 1.29 is 9.53 Å². The van der Waals surface area contributed by atoms with Gasteiger partial charge in [-0.2, -0.15) is 0 Å². The third-order valence-corrected chi connectivity index (χ3v) is 6.01. The number of H-pyrrole nitrogens is 1. The Kier molecular flexibility index (Phi) is 4.75. The van der Waals surface area contributed by atoms with E-state index in [1.54, 1.807) is 7.11 Å². The molecule has 0 saturated carbocycles. The van der Waals surface area contributed by atoms with Crippen LogP contribution in [-0.4, -0.2) is 29.4 Å². The van der Waals surface area contributed by atoms with Crippen molar-refractivity contribution in [2.24, 2.45) is 0 Å². The van der Waals surface area contributed by atoms with E-state index in [4.69, 9.17) is 4.74 Å². The van der Waals surface area contributed by atoms with Crippen LogP contribution in [0.15, 0.2) is 78.9 Å². The van der Waals surface area contributed by atoms with Gasteiger partial charge in [0.15, 0.2) is 0 Å². The van der Waals surface area contributed by atoms with Crippen LogP contribution in [0.2, 0.25) is 0 Å². The number of hydrogen-bond donors (Lipinski definition) is 1. The topological polar surface area (TPSA) is 45.3 Å². The maximum Gasteiger partial charge on any atom is 0.234 e. The summed E-state index contributed by atoms with van der Waals surface area (Å²) < 4.78 is 5.39. The molecule has 4 nitrogen and oxygen atoms in total. The van der Waals surface area contributed by atoms with Gasteiger partial charge in [0.25, 0.3) is 0 Å². The van der Waals surface area contributed by atoms with Gasteiger partial charge in [-0.15, -0.1) is 0 Å². The van der Waals surface area contributed by atoms with Crippen LogP contribution in [0.4, 0.5) is 0 Å². The summed E-state index contributed by atoms with van der Waals surface area (Å²) in [6, 6.07) is 26.2. The molecule has 0 spiro atoms. The van der Waals surface area contributed by atoms with E-state index in [1.165, 1.54) is 10.9 Å². The van der Waals surface area contributed by atoms with Gasteiger partial charge in [-0.05, 0) is 41.3 Å². The third-order valence-electron chi connectivity index (χ3n) is 6.01. The fourth-order valence-electron chi connectivity index (χ4n) is 4.49. The molecule has 1 N–H and O–H groups in total. The number of benzene rings is 3. The minimum absolute atomic E-state index is 0.147. The van der Waals surface area contributed by atoms with E-state index >= 15 is 0 Å². The number of amides is 1. The Hall–Kier alpha value is -3.53. The summed E-state index contributed by atoms with van der Waals surface area (Å²) >= 11 is 0. The first-order chi connectivity index (χ1) is 14.7. The number of aromatic nitrogens is 1. The second-order valence-electron chi connectivity index (χ2n) is 7.76. The normalized spacial score (nSPS) is 13.5. The Balaban J connectivity index is 1.48. The van der Waals surface area contributed by atoms with E-state index < -0.39 is 0 Å². The molecule has 5 rings (SSSR count). The average molecular weight is 396 g/mol. The summed E-state index contributed by atoms with van der Waals surface area (Å²) in [5.74, 6) is 0.712.